The molecule has 1 saturated carbocycles. The summed E-state index contributed by atoms with van der Waals surface area (Å²) >= 11 is 0. The summed E-state index contributed by atoms with van der Waals surface area (Å²) in [6, 6.07) is 1.97. The molecule has 0 aromatic carbocycles. The second-order valence-electron chi connectivity index (χ2n) is 3.64. The number of hydrogen-bond donors (Lipinski definition) is 2. The van der Waals surface area contributed by atoms with Crippen molar-refractivity contribution in [2.24, 2.45) is 0 Å². The molecule has 1 unspecified atom stereocenters. The molecule has 3 nitrogen and oxygen atoms in total. The minimum absolute atomic E-state index is 0.152. The molecular weight excluding hydrogens is 152 g/mol. The van der Waals surface area contributed by atoms with Crippen LogP contribution in [0.5, 0.6) is 0 Å². The minimum atomic E-state index is -0.158. The van der Waals surface area contributed by atoms with Gasteiger partial charge in [0.2, 0.25) is 0 Å². The molecule has 1 aliphatic carbocycles. The molecule has 0 aromatic heterocycles. The average Bonchev–Trinajstić information content (AvgIpc) is 2.54. The van der Waals surface area contributed by atoms with E-state index in [-0.39, 0.29) is 18.2 Å². The highest BCUT2D eigenvalue weighted by Crippen LogP contribution is 2.29. The lowest BCUT2D eigenvalue weighted by Gasteiger charge is -2.29. The molecule has 2 N–H and O–H groups in total. The van der Waals surface area contributed by atoms with Crippen molar-refractivity contribution in [3.05, 3.63) is 0 Å². The number of rotatable bonds is 3. The fourth-order valence-electron chi connectivity index (χ4n) is 1.89. The van der Waals surface area contributed by atoms with Gasteiger partial charge in [0.1, 0.15) is 0 Å². The Morgan fingerprint density at radius 3 is 2.58 bits per heavy atom. The van der Waals surface area contributed by atoms with Crippen LogP contribution < -0.4 is 5.32 Å². The number of aliphatic hydroxyl groups is 1. The van der Waals surface area contributed by atoms with Gasteiger partial charge in [-0.3, -0.25) is 5.32 Å². The van der Waals surface area contributed by atoms with Crippen LogP contribution in [0.3, 0.4) is 0 Å². The molecule has 1 atom stereocenters. The topological polar surface area (TPSA) is 56.0 Å². The Labute approximate surface area is 73.4 Å². The first-order valence-electron chi connectivity index (χ1n) is 4.51. The third-order valence-corrected chi connectivity index (χ3v) is 2.58. The Bertz CT molecular complexity index is 179. The van der Waals surface area contributed by atoms with Gasteiger partial charge in [0.25, 0.3) is 0 Å². The predicted molar refractivity (Wildman–Crippen MR) is 46.5 cm³/mol. The van der Waals surface area contributed by atoms with Gasteiger partial charge in [-0.15, -0.1) is 0 Å². The van der Waals surface area contributed by atoms with E-state index in [2.05, 4.69) is 11.4 Å². The highest BCUT2D eigenvalue weighted by atomic mass is 16.3. The van der Waals surface area contributed by atoms with Gasteiger partial charge in [-0.1, -0.05) is 12.8 Å². The molecular formula is C9H16N2O. The molecule has 12 heavy (non-hydrogen) atoms. The average molecular weight is 168 g/mol. The van der Waals surface area contributed by atoms with Crippen molar-refractivity contribution in [3.8, 4) is 6.07 Å². The van der Waals surface area contributed by atoms with Crippen LogP contribution in [0.4, 0.5) is 0 Å². The van der Waals surface area contributed by atoms with Crippen molar-refractivity contribution in [1.82, 2.24) is 5.32 Å². The van der Waals surface area contributed by atoms with Crippen molar-refractivity contribution in [1.29, 1.82) is 5.26 Å². The van der Waals surface area contributed by atoms with Crippen LogP contribution in [-0.2, 0) is 0 Å². The maximum Gasteiger partial charge on any atom is 0.0929 e. The second kappa shape index (κ2) is 3.88. The predicted octanol–water partition coefficient (Wildman–Crippen LogP) is 0.793. The molecule has 0 aliphatic heterocycles. The Balaban J connectivity index is 2.50. The zero-order valence-electron chi connectivity index (χ0n) is 7.51. The molecule has 68 valence electrons. The highest BCUT2D eigenvalue weighted by molar-refractivity contribution is 4.98. The molecule has 1 aliphatic rings. The Morgan fingerprint density at radius 2 is 2.17 bits per heavy atom. The monoisotopic (exact) mass is 168 g/mol. The lowest BCUT2D eigenvalue weighted by atomic mass is 9.98. The molecule has 0 amide bonds. The van der Waals surface area contributed by atoms with Crippen molar-refractivity contribution in [2.75, 3.05) is 6.61 Å². The van der Waals surface area contributed by atoms with Gasteiger partial charge < -0.3 is 5.11 Å². The van der Waals surface area contributed by atoms with Gasteiger partial charge in [0.05, 0.1) is 18.7 Å². The zero-order chi connectivity index (χ0) is 9.03. The zero-order valence-corrected chi connectivity index (χ0v) is 7.51. The van der Waals surface area contributed by atoms with E-state index in [9.17, 15) is 5.11 Å². The van der Waals surface area contributed by atoms with E-state index in [4.69, 9.17) is 5.26 Å². The summed E-state index contributed by atoms with van der Waals surface area (Å²) in [7, 11) is 0. The molecule has 0 aromatic rings. The quantitative estimate of drug-likeness (QED) is 0.655. The summed E-state index contributed by atoms with van der Waals surface area (Å²) in [6.07, 6.45) is 4.31. The lowest BCUT2D eigenvalue weighted by Crippen LogP contribution is -2.49. The SMILES string of the molecule is CC(C#N)NC1(CO)CCCC1. The van der Waals surface area contributed by atoms with Crippen LogP contribution in [0.1, 0.15) is 32.6 Å². The summed E-state index contributed by atoms with van der Waals surface area (Å²) in [6.45, 7) is 1.98. The minimum Gasteiger partial charge on any atom is -0.394 e. The van der Waals surface area contributed by atoms with Crippen LogP contribution >= 0.6 is 0 Å². The van der Waals surface area contributed by atoms with E-state index in [0.29, 0.717) is 0 Å². The van der Waals surface area contributed by atoms with E-state index >= 15 is 0 Å². The van der Waals surface area contributed by atoms with Crippen molar-refractivity contribution >= 4 is 0 Å². The van der Waals surface area contributed by atoms with Crippen LogP contribution in [0.15, 0.2) is 0 Å². The summed E-state index contributed by atoms with van der Waals surface area (Å²) in [5, 5.41) is 21.0. The van der Waals surface area contributed by atoms with E-state index in [1.807, 2.05) is 6.92 Å². The van der Waals surface area contributed by atoms with Gasteiger partial charge in [-0.05, 0) is 19.8 Å². The fourth-order valence-corrected chi connectivity index (χ4v) is 1.89. The first kappa shape index (κ1) is 9.50. The smallest absolute Gasteiger partial charge is 0.0929 e. The molecule has 1 fully saturated rings. The number of nitrogens with one attached hydrogen (secondary N) is 1. The largest absolute Gasteiger partial charge is 0.394 e. The Hall–Kier alpha value is -0.590. The summed E-state index contributed by atoms with van der Waals surface area (Å²) < 4.78 is 0. The van der Waals surface area contributed by atoms with Crippen molar-refractivity contribution in [2.45, 2.75) is 44.2 Å². The van der Waals surface area contributed by atoms with E-state index in [1.54, 1.807) is 0 Å². The molecule has 0 saturated heterocycles. The first-order chi connectivity index (χ1) is 5.72. The number of aliphatic hydroxyl groups excluding tert-OH is 1. The van der Waals surface area contributed by atoms with Crippen LogP contribution in [-0.4, -0.2) is 23.3 Å². The van der Waals surface area contributed by atoms with E-state index < -0.39 is 0 Å². The van der Waals surface area contributed by atoms with Crippen LogP contribution in [0.2, 0.25) is 0 Å². The molecule has 0 heterocycles. The first-order valence-corrected chi connectivity index (χ1v) is 4.51. The van der Waals surface area contributed by atoms with Gasteiger partial charge in [-0.2, -0.15) is 5.26 Å². The van der Waals surface area contributed by atoms with Gasteiger partial charge in [0.15, 0.2) is 0 Å². The van der Waals surface area contributed by atoms with Gasteiger partial charge in [-0.25, -0.2) is 0 Å². The third-order valence-electron chi connectivity index (χ3n) is 2.58. The molecule has 0 spiro atoms. The second-order valence-corrected chi connectivity index (χ2v) is 3.64. The standard InChI is InChI=1S/C9H16N2O/c1-8(6-10)11-9(7-12)4-2-3-5-9/h8,11-12H,2-5,7H2,1H3. The summed E-state index contributed by atoms with van der Waals surface area (Å²) in [5.41, 5.74) is -0.158. The summed E-state index contributed by atoms with van der Waals surface area (Å²) in [5.74, 6) is 0. The normalized spacial score (nSPS) is 23.4. The lowest BCUT2D eigenvalue weighted by molar-refractivity contribution is 0.160. The van der Waals surface area contributed by atoms with Crippen molar-refractivity contribution < 1.29 is 5.11 Å². The maximum absolute atomic E-state index is 9.19. The number of hydrogen-bond acceptors (Lipinski definition) is 3. The molecule has 3 heteroatoms. The van der Waals surface area contributed by atoms with E-state index in [1.165, 1.54) is 0 Å². The van der Waals surface area contributed by atoms with Crippen molar-refractivity contribution in [3.63, 3.8) is 0 Å². The van der Waals surface area contributed by atoms with Gasteiger partial charge in [0, 0.05) is 5.54 Å². The highest BCUT2D eigenvalue weighted by Gasteiger charge is 2.33. The maximum atomic E-state index is 9.19. The van der Waals surface area contributed by atoms with E-state index in [0.717, 1.165) is 25.7 Å². The summed E-state index contributed by atoms with van der Waals surface area (Å²) in [4.78, 5) is 0. The van der Waals surface area contributed by atoms with Gasteiger partial charge >= 0.3 is 0 Å². The molecule has 1 rings (SSSR count). The molecule has 0 radical (unpaired) electrons. The third kappa shape index (κ3) is 1.96. The van der Waals surface area contributed by atoms with Crippen LogP contribution in [0, 0.1) is 11.3 Å². The Kier molecular flexibility index (Phi) is 3.07. The molecule has 0 bridgehead atoms. The Morgan fingerprint density at radius 1 is 1.58 bits per heavy atom. The number of nitrogens with zero attached hydrogens (tertiary/aromatic N) is 1. The fraction of sp³-hybridized carbons (Fsp3) is 0.889. The van der Waals surface area contributed by atoms with Crippen LogP contribution in [0.25, 0.3) is 0 Å². The number of nitriles is 1.